The van der Waals surface area contributed by atoms with Crippen LogP contribution in [0.25, 0.3) is 0 Å². The van der Waals surface area contributed by atoms with Gasteiger partial charge in [0, 0.05) is 25.6 Å². The largest absolute Gasteiger partial charge is 0.321 e. The van der Waals surface area contributed by atoms with Crippen molar-refractivity contribution in [2.75, 3.05) is 12.4 Å². The number of aryl methyl sites for hydroxylation is 2. The number of anilines is 1. The lowest BCUT2D eigenvalue weighted by atomic mass is 10.1. The van der Waals surface area contributed by atoms with E-state index in [9.17, 15) is 9.59 Å². The highest BCUT2D eigenvalue weighted by molar-refractivity contribution is 6.43. The fourth-order valence-corrected chi connectivity index (χ4v) is 2.08. The monoisotopic (exact) mass is 259 g/mol. The summed E-state index contributed by atoms with van der Waals surface area (Å²) in [5.41, 5.74) is 3.33. The van der Waals surface area contributed by atoms with Crippen molar-refractivity contribution in [3.05, 3.63) is 29.3 Å². The van der Waals surface area contributed by atoms with Gasteiger partial charge >= 0.3 is 0 Å². The standard InChI is InChI=1S/C14H17N3O2/c1-9-6-10(2)8-11(7-9)15-14(19)12-4-5-13(18)17(3)16-12/h6-8H,4-5H2,1-3H3,(H,15,19). The van der Waals surface area contributed by atoms with Gasteiger partial charge in [-0.1, -0.05) is 6.07 Å². The van der Waals surface area contributed by atoms with E-state index >= 15 is 0 Å². The fraction of sp³-hybridized carbons (Fsp3) is 0.357. The molecule has 19 heavy (non-hydrogen) atoms. The van der Waals surface area contributed by atoms with Gasteiger partial charge in [0.15, 0.2) is 0 Å². The number of benzene rings is 1. The minimum atomic E-state index is -0.246. The van der Waals surface area contributed by atoms with Gasteiger partial charge in [0.1, 0.15) is 5.71 Å². The molecule has 0 bridgehead atoms. The lowest BCUT2D eigenvalue weighted by Crippen LogP contribution is -2.34. The number of carbonyl (C=O) groups is 2. The molecule has 1 heterocycles. The third kappa shape index (κ3) is 3.19. The lowest BCUT2D eigenvalue weighted by molar-refractivity contribution is -0.130. The average Bonchev–Trinajstić information content (AvgIpc) is 2.31. The first-order valence-corrected chi connectivity index (χ1v) is 6.19. The molecular formula is C14H17N3O2. The van der Waals surface area contributed by atoms with E-state index in [1.807, 2.05) is 32.0 Å². The molecule has 100 valence electrons. The Kier molecular flexibility index (Phi) is 3.64. The third-order valence-electron chi connectivity index (χ3n) is 2.95. The second kappa shape index (κ2) is 5.22. The molecule has 0 aromatic heterocycles. The number of carbonyl (C=O) groups excluding carboxylic acids is 2. The van der Waals surface area contributed by atoms with E-state index in [0.717, 1.165) is 16.8 Å². The van der Waals surface area contributed by atoms with Crippen LogP contribution in [-0.4, -0.2) is 29.6 Å². The highest BCUT2D eigenvalue weighted by Gasteiger charge is 2.21. The predicted molar refractivity (Wildman–Crippen MR) is 74.0 cm³/mol. The van der Waals surface area contributed by atoms with Gasteiger partial charge in [-0.3, -0.25) is 9.59 Å². The summed E-state index contributed by atoms with van der Waals surface area (Å²) in [6.45, 7) is 3.96. The molecule has 5 nitrogen and oxygen atoms in total. The molecule has 1 N–H and O–H groups in total. The molecule has 0 atom stereocenters. The number of hydrogen-bond acceptors (Lipinski definition) is 3. The van der Waals surface area contributed by atoms with E-state index in [1.165, 1.54) is 5.01 Å². The van der Waals surface area contributed by atoms with E-state index in [-0.39, 0.29) is 11.8 Å². The van der Waals surface area contributed by atoms with Crippen LogP contribution < -0.4 is 5.32 Å². The van der Waals surface area contributed by atoms with E-state index in [4.69, 9.17) is 0 Å². The van der Waals surface area contributed by atoms with Crippen LogP contribution in [0.2, 0.25) is 0 Å². The second-order valence-corrected chi connectivity index (χ2v) is 4.79. The summed E-state index contributed by atoms with van der Waals surface area (Å²) in [4.78, 5) is 23.4. The quantitative estimate of drug-likeness (QED) is 0.881. The number of amides is 2. The smallest absolute Gasteiger partial charge is 0.271 e. The van der Waals surface area contributed by atoms with E-state index in [1.54, 1.807) is 7.05 Å². The topological polar surface area (TPSA) is 61.8 Å². The molecule has 0 radical (unpaired) electrons. The van der Waals surface area contributed by atoms with Crippen molar-refractivity contribution >= 4 is 23.2 Å². The van der Waals surface area contributed by atoms with Crippen LogP contribution in [0, 0.1) is 13.8 Å². The molecule has 0 saturated carbocycles. The zero-order valence-corrected chi connectivity index (χ0v) is 11.4. The van der Waals surface area contributed by atoms with Gasteiger partial charge in [0.05, 0.1) is 0 Å². The Morgan fingerprint density at radius 1 is 1.21 bits per heavy atom. The van der Waals surface area contributed by atoms with Crippen LogP contribution in [0.1, 0.15) is 24.0 Å². The van der Waals surface area contributed by atoms with Crippen LogP contribution in [-0.2, 0) is 9.59 Å². The minimum Gasteiger partial charge on any atom is -0.321 e. The SMILES string of the molecule is Cc1cc(C)cc(NC(=O)C2=NN(C)C(=O)CC2)c1. The molecule has 0 unspecified atom stereocenters. The number of hydrogen-bond donors (Lipinski definition) is 1. The van der Waals surface area contributed by atoms with Gasteiger partial charge in [-0.05, 0) is 37.1 Å². The predicted octanol–water partition coefficient (Wildman–Crippen LogP) is 1.85. The Bertz CT molecular complexity index is 544. The molecule has 1 aliphatic heterocycles. The van der Waals surface area contributed by atoms with Crippen molar-refractivity contribution in [1.82, 2.24) is 5.01 Å². The van der Waals surface area contributed by atoms with Crippen LogP contribution in [0.15, 0.2) is 23.3 Å². The first-order valence-electron chi connectivity index (χ1n) is 6.19. The van der Waals surface area contributed by atoms with E-state index < -0.39 is 0 Å². The van der Waals surface area contributed by atoms with Gasteiger partial charge < -0.3 is 5.32 Å². The van der Waals surface area contributed by atoms with Crippen molar-refractivity contribution in [3.63, 3.8) is 0 Å². The second-order valence-electron chi connectivity index (χ2n) is 4.79. The molecule has 1 aromatic rings. The summed E-state index contributed by atoms with van der Waals surface area (Å²) in [6.07, 6.45) is 0.718. The van der Waals surface area contributed by atoms with Crippen molar-refractivity contribution < 1.29 is 9.59 Å². The van der Waals surface area contributed by atoms with Crippen molar-refractivity contribution in [1.29, 1.82) is 0 Å². The van der Waals surface area contributed by atoms with E-state index in [2.05, 4.69) is 10.4 Å². The van der Waals surface area contributed by atoms with Gasteiger partial charge in [-0.25, -0.2) is 5.01 Å². The summed E-state index contributed by atoms with van der Waals surface area (Å²) in [5.74, 6) is -0.313. The lowest BCUT2D eigenvalue weighted by Gasteiger charge is -2.19. The molecule has 1 aliphatic rings. The zero-order chi connectivity index (χ0) is 14.0. The molecule has 2 rings (SSSR count). The Labute approximate surface area is 112 Å². The summed E-state index contributed by atoms with van der Waals surface area (Å²) in [7, 11) is 1.56. The maximum atomic E-state index is 12.1. The highest BCUT2D eigenvalue weighted by Crippen LogP contribution is 2.15. The first-order chi connectivity index (χ1) is 8.95. The summed E-state index contributed by atoms with van der Waals surface area (Å²) >= 11 is 0. The summed E-state index contributed by atoms with van der Waals surface area (Å²) in [6, 6.07) is 5.85. The Morgan fingerprint density at radius 3 is 2.42 bits per heavy atom. The van der Waals surface area contributed by atoms with Gasteiger partial charge in [0.2, 0.25) is 5.91 Å². The zero-order valence-electron chi connectivity index (χ0n) is 11.4. The van der Waals surface area contributed by atoms with Crippen LogP contribution in [0.5, 0.6) is 0 Å². The summed E-state index contributed by atoms with van der Waals surface area (Å²) < 4.78 is 0. The van der Waals surface area contributed by atoms with Crippen LogP contribution in [0.3, 0.4) is 0 Å². The molecule has 0 aliphatic carbocycles. The molecule has 0 spiro atoms. The van der Waals surface area contributed by atoms with Crippen LogP contribution >= 0.6 is 0 Å². The number of rotatable bonds is 2. The first kappa shape index (κ1) is 13.3. The maximum Gasteiger partial charge on any atom is 0.271 e. The molecule has 0 fully saturated rings. The molecule has 0 saturated heterocycles. The average molecular weight is 259 g/mol. The maximum absolute atomic E-state index is 12.1. The Balaban J connectivity index is 2.13. The third-order valence-corrected chi connectivity index (χ3v) is 2.95. The van der Waals surface area contributed by atoms with Crippen molar-refractivity contribution in [2.45, 2.75) is 26.7 Å². The number of hydrazone groups is 1. The van der Waals surface area contributed by atoms with Gasteiger partial charge in [-0.15, -0.1) is 0 Å². The number of nitrogens with one attached hydrogen (secondary N) is 1. The minimum absolute atomic E-state index is 0.0667. The van der Waals surface area contributed by atoms with Crippen molar-refractivity contribution in [2.24, 2.45) is 5.10 Å². The highest BCUT2D eigenvalue weighted by atomic mass is 16.2. The Morgan fingerprint density at radius 2 is 1.84 bits per heavy atom. The summed E-state index contributed by atoms with van der Waals surface area (Å²) in [5, 5.41) is 8.04. The van der Waals surface area contributed by atoms with Crippen LogP contribution in [0.4, 0.5) is 5.69 Å². The fourth-order valence-electron chi connectivity index (χ4n) is 2.08. The van der Waals surface area contributed by atoms with Gasteiger partial charge in [-0.2, -0.15) is 5.10 Å². The van der Waals surface area contributed by atoms with Gasteiger partial charge in [0.25, 0.3) is 5.91 Å². The Hall–Kier alpha value is -2.17. The number of nitrogens with zero attached hydrogens (tertiary/aromatic N) is 2. The molecular weight excluding hydrogens is 242 g/mol. The molecule has 2 amide bonds. The normalized spacial score (nSPS) is 15.2. The van der Waals surface area contributed by atoms with E-state index in [0.29, 0.717) is 18.6 Å². The van der Waals surface area contributed by atoms with Crippen molar-refractivity contribution in [3.8, 4) is 0 Å². The molecule has 1 aromatic carbocycles. The molecule has 5 heteroatoms.